The van der Waals surface area contributed by atoms with Gasteiger partial charge in [-0.05, 0) is 6.92 Å². The van der Waals surface area contributed by atoms with Crippen LogP contribution in [0, 0.1) is 0 Å². The number of ether oxygens (including phenoxy) is 1. The maximum atomic E-state index is 11.3. The average molecular weight is 201 g/mol. The van der Waals surface area contributed by atoms with Crippen molar-refractivity contribution in [3.63, 3.8) is 0 Å². The lowest BCUT2D eigenvalue weighted by Crippen LogP contribution is -2.19. The number of hydrogen-bond acceptors (Lipinski definition) is 5. The number of hydrogen-bond donors (Lipinski definition) is 1. The smallest absolute Gasteiger partial charge is 0.355 e. The van der Waals surface area contributed by atoms with Gasteiger partial charge >= 0.3 is 5.97 Å². The number of carbonyl (C=O) groups is 1. The number of nitrogens with two attached hydrogens (primary N) is 1. The minimum atomic E-state index is -0.351. The number of nitrogens with zero attached hydrogens (tertiary/aromatic N) is 2. The summed E-state index contributed by atoms with van der Waals surface area (Å²) in [5.41, 5.74) is 0.469. The van der Waals surface area contributed by atoms with E-state index in [1.807, 2.05) is 0 Å². The van der Waals surface area contributed by atoms with Gasteiger partial charge in [0, 0.05) is 12.4 Å². The van der Waals surface area contributed by atoms with E-state index in [9.17, 15) is 4.79 Å². The van der Waals surface area contributed by atoms with Crippen molar-refractivity contribution in [2.24, 2.45) is 18.0 Å². The van der Waals surface area contributed by atoms with E-state index in [0.29, 0.717) is 17.1 Å². The molecule has 0 aliphatic heterocycles. The predicted octanol–water partition coefficient (Wildman–Crippen LogP) is 0.0377. The molecule has 0 spiro atoms. The van der Waals surface area contributed by atoms with Crippen LogP contribution in [0.3, 0.4) is 0 Å². The molecule has 1 rings (SSSR count). The maximum absolute atomic E-state index is 11.3. The van der Waals surface area contributed by atoms with Gasteiger partial charge < -0.3 is 15.1 Å². The summed E-state index contributed by atoms with van der Waals surface area (Å²) in [6.45, 7) is 2.13. The van der Waals surface area contributed by atoms with E-state index in [2.05, 4.69) is 5.10 Å². The molecule has 0 amide bonds. The van der Waals surface area contributed by atoms with E-state index in [0.717, 1.165) is 0 Å². The molecule has 1 heterocycles. The van der Waals surface area contributed by atoms with Gasteiger partial charge in [-0.3, -0.25) is 0 Å². The van der Waals surface area contributed by atoms with Gasteiger partial charge in [-0.25, -0.2) is 4.79 Å². The van der Waals surface area contributed by atoms with E-state index >= 15 is 0 Å². The van der Waals surface area contributed by atoms with Crippen LogP contribution >= 0.6 is 11.3 Å². The molecule has 0 aromatic carbocycles. The molecule has 0 fully saturated rings. The zero-order valence-electron chi connectivity index (χ0n) is 7.48. The molecule has 0 bridgehead atoms. The SMILES string of the molecule is CCOC(=O)c1cs/c(=N\N)n1C. The molecule has 0 saturated heterocycles. The van der Waals surface area contributed by atoms with E-state index in [1.165, 1.54) is 11.3 Å². The average Bonchev–Trinajstić information content (AvgIpc) is 2.47. The third-order valence-corrected chi connectivity index (χ3v) is 2.45. The van der Waals surface area contributed by atoms with Crippen LogP contribution in [0.25, 0.3) is 0 Å². The Bertz CT molecular complexity index is 366. The van der Waals surface area contributed by atoms with Gasteiger partial charge in [0.2, 0.25) is 4.80 Å². The lowest BCUT2D eigenvalue weighted by Gasteiger charge is -2.01. The molecule has 0 radical (unpaired) electrons. The first-order chi connectivity index (χ1) is 6.20. The van der Waals surface area contributed by atoms with Gasteiger partial charge in [0.05, 0.1) is 6.61 Å². The highest BCUT2D eigenvalue weighted by atomic mass is 32.1. The van der Waals surface area contributed by atoms with Crippen molar-refractivity contribution in [3.05, 3.63) is 15.9 Å². The highest BCUT2D eigenvalue weighted by Gasteiger charge is 2.11. The summed E-state index contributed by atoms with van der Waals surface area (Å²) in [6.07, 6.45) is 0. The third kappa shape index (κ3) is 1.89. The lowest BCUT2D eigenvalue weighted by atomic mass is 10.5. The van der Waals surface area contributed by atoms with Crippen molar-refractivity contribution >= 4 is 17.3 Å². The Morgan fingerprint density at radius 2 is 2.54 bits per heavy atom. The normalized spacial score (nSPS) is 11.7. The Balaban J connectivity index is 3.03. The minimum Gasteiger partial charge on any atom is -0.461 e. The van der Waals surface area contributed by atoms with Gasteiger partial charge in [-0.15, -0.1) is 11.3 Å². The van der Waals surface area contributed by atoms with Crippen LogP contribution in [0.5, 0.6) is 0 Å². The molecule has 0 aliphatic rings. The fourth-order valence-electron chi connectivity index (χ4n) is 0.877. The minimum absolute atomic E-state index is 0.351. The van der Waals surface area contributed by atoms with Crippen LogP contribution in [-0.2, 0) is 11.8 Å². The number of rotatable bonds is 2. The Labute approximate surface area is 79.4 Å². The zero-order chi connectivity index (χ0) is 9.84. The Kier molecular flexibility index (Phi) is 3.07. The Hall–Kier alpha value is -1.30. The summed E-state index contributed by atoms with van der Waals surface area (Å²) in [7, 11) is 1.72. The highest BCUT2D eigenvalue weighted by Crippen LogP contribution is 2.01. The highest BCUT2D eigenvalue weighted by molar-refractivity contribution is 7.07. The van der Waals surface area contributed by atoms with E-state index in [-0.39, 0.29) is 5.97 Å². The molecule has 2 N–H and O–H groups in total. The molecule has 1 aromatic rings. The fourth-order valence-corrected chi connectivity index (χ4v) is 1.67. The van der Waals surface area contributed by atoms with Crippen molar-refractivity contribution in [2.45, 2.75) is 6.92 Å². The van der Waals surface area contributed by atoms with Crippen LogP contribution in [0.2, 0.25) is 0 Å². The van der Waals surface area contributed by atoms with Crippen molar-refractivity contribution in [1.82, 2.24) is 4.57 Å². The summed E-state index contributed by atoms with van der Waals surface area (Å²) >= 11 is 1.30. The Morgan fingerprint density at radius 3 is 3.00 bits per heavy atom. The largest absolute Gasteiger partial charge is 0.461 e. The zero-order valence-corrected chi connectivity index (χ0v) is 8.30. The molecule has 5 nitrogen and oxygen atoms in total. The molecule has 0 unspecified atom stereocenters. The molecule has 1 aromatic heterocycles. The maximum Gasteiger partial charge on any atom is 0.355 e. The summed E-state index contributed by atoms with van der Waals surface area (Å²) in [6, 6.07) is 0. The lowest BCUT2D eigenvalue weighted by molar-refractivity contribution is 0.0515. The molecular formula is C7H11N3O2S. The van der Waals surface area contributed by atoms with Crippen LogP contribution in [0.1, 0.15) is 17.4 Å². The van der Waals surface area contributed by atoms with Crippen molar-refractivity contribution in [1.29, 1.82) is 0 Å². The van der Waals surface area contributed by atoms with Gasteiger partial charge in [-0.2, -0.15) is 5.10 Å². The summed E-state index contributed by atoms with van der Waals surface area (Å²) in [5, 5.41) is 5.18. The molecule has 72 valence electrons. The second-order valence-corrected chi connectivity index (χ2v) is 3.15. The van der Waals surface area contributed by atoms with E-state index in [4.69, 9.17) is 10.6 Å². The molecule has 6 heteroatoms. The molecule has 0 atom stereocenters. The second-order valence-electron chi connectivity index (χ2n) is 2.31. The summed E-state index contributed by atoms with van der Waals surface area (Å²) in [4.78, 5) is 11.9. The number of carbonyl (C=O) groups excluding carboxylic acids is 1. The number of thiazole rings is 1. The van der Waals surface area contributed by atoms with Crippen LogP contribution < -0.4 is 10.6 Å². The second kappa shape index (κ2) is 4.08. The topological polar surface area (TPSA) is 69.6 Å². The molecule has 0 saturated carbocycles. The first-order valence-electron chi connectivity index (χ1n) is 3.76. The van der Waals surface area contributed by atoms with Gasteiger partial charge in [0.15, 0.2) is 0 Å². The van der Waals surface area contributed by atoms with Crippen molar-refractivity contribution in [3.8, 4) is 0 Å². The quantitative estimate of drug-likeness (QED) is 0.417. The third-order valence-electron chi connectivity index (χ3n) is 1.52. The van der Waals surface area contributed by atoms with Crippen LogP contribution in [0.4, 0.5) is 0 Å². The Morgan fingerprint density at radius 1 is 1.85 bits per heavy atom. The van der Waals surface area contributed by atoms with E-state index < -0.39 is 0 Å². The van der Waals surface area contributed by atoms with Crippen molar-refractivity contribution in [2.75, 3.05) is 6.61 Å². The van der Waals surface area contributed by atoms with Crippen LogP contribution in [0.15, 0.2) is 10.5 Å². The first-order valence-corrected chi connectivity index (χ1v) is 4.64. The first kappa shape index (κ1) is 9.79. The van der Waals surface area contributed by atoms with Crippen LogP contribution in [-0.4, -0.2) is 17.1 Å². The standard InChI is InChI=1S/C7H11N3O2S/c1-3-12-6(11)5-4-13-7(9-8)10(5)2/h4H,3,8H2,1-2H3/b9-7-. The predicted molar refractivity (Wildman–Crippen MR) is 49.0 cm³/mol. The number of aromatic nitrogens is 1. The van der Waals surface area contributed by atoms with Gasteiger partial charge in [-0.1, -0.05) is 0 Å². The summed E-state index contributed by atoms with van der Waals surface area (Å²) < 4.78 is 6.43. The summed E-state index contributed by atoms with van der Waals surface area (Å²) in [5.74, 6) is 4.75. The fraction of sp³-hybridized carbons (Fsp3) is 0.429. The van der Waals surface area contributed by atoms with Crippen molar-refractivity contribution < 1.29 is 9.53 Å². The van der Waals surface area contributed by atoms with Gasteiger partial charge in [0.25, 0.3) is 0 Å². The molecule has 13 heavy (non-hydrogen) atoms. The van der Waals surface area contributed by atoms with E-state index in [1.54, 1.807) is 23.9 Å². The molecular weight excluding hydrogens is 190 g/mol. The monoisotopic (exact) mass is 201 g/mol. The molecule has 0 aliphatic carbocycles. The van der Waals surface area contributed by atoms with Gasteiger partial charge in [0.1, 0.15) is 5.69 Å². The number of esters is 1.